The van der Waals surface area contributed by atoms with Gasteiger partial charge in [0.2, 0.25) is 0 Å². The van der Waals surface area contributed by atoms with Crippen molar-refractivity contribution in [2.75, 3.05) is 13.7 Å². The number of aliphatic hydroxyl groups is 2. The summed E-state index contributed by atoms with van der Waals surface area (Å²) in [5.41, 5.74) is 2.76. The van der Waals surface area contributed by atoms with E-state index in [9.17, 15) is 20.1 Å². The molecule has 1 fully saturated rings. The monoisotopic (exact) mass is 531 g/mol. The lowest BCUT2D eigenvalue weighted by Crippen LogP contribution is -2.47. The van der Waals surface area contributed by atoms with Gasteiger partial charge in [-0.2, -0.15) is 0 Å². The number of ether oxygens (including phenoxy) is 2. The average molecular weight is 532 g/mol. The molecule has 2 aromatic carbocycles. The van der Waals surface area contributed by atoms with Gasteiger partial charge in [-0.3, -0.25) is 4.90 Å². The average Bonchev–Trinajstić information content (AvgIpc) is 2.88. The van der Waals surface area contributed by atoms with Crippen molar-refractivity contribution in [2.24, 2.45) is 5.92 Å². The van der Waals surface area contributed by atoms with Crippen molar-refractivity contribution >= 4 is 5.97 Å². The first kappa shape index (κ1) is 31.7. The molecule has 1 aliphatic rings. The first-order valence-corrected chi connectivity index (χ1v) is 13.3. The molecule has 0 aliphatic carbocycles. The quantitative estimate of drug-likeness (QED) is 0.338. The van der Waals surface area contributed by atoms with E-state index in [1.54, 1.807) is 19.1 Å². The third kappa shape index (κ3) is 8.51. The molecule has 1 heterocycles. The Morgan fingerprint density at radius 2 is 1.71 bits per heavy atom. The number of carboxylic acid groups (broad SMARTS) is 1. The molecule has 8 nitrogen and oxygen atoms in total. The van der Waals surface area contributed by atoms with Crippen molar-refractivity contribution in [1.82, 2.24) is 4.90 Å². The van der Waals surface area contributed by atoms with Crippen molar-refractivity contribution in [1.29, 1.82) is 0 Å². The van der Waals surface area contributed by atoms with Crippen LogP contribution in [0.5, 0.6) is 5.75 Å². The highest BCUT2D eigenvalue weighted by molar-refractivity contribution is 5.72. The normalized spacial score (nSPS) is 22.3. The summed E-state index contributed by atoms with van der Waals surface area (Å²) in [6.07, 6.45) is -1.81. The van der Waals surface area contributed by atoms with Crippen LogP contribution in [0.1, 0.15) is 70.1 Å². The fourth-order valence-corrected chi connectivity index (χ4v) is 5.17. The number of hydrogen-bond acceptors (Lipinski definition) is 7. The van der Waals surface area contributed by atoms with Gasteiger partial charge >= 0.3 is 5.97 Å². The predicted octanol–water partition coefficient (Wildman–Crippen LogP) is 4.35. The number of nitrogens with zero attached hydrogens (tertiary/aromatic N) is 1. The molecule has 3 unspecified atom stereocenters. The van der Waals surface area contributed by atoms with E-state index in [4.69, 9.17) is 14.6 Å². The Kier molecular flexibility index (Phi) is 12.7. The predicted molar refractivity (Wildman–Crippen MR) is 147 cm³/mol. The number of phenols is 1. The van der Waals surface area contributed by atoms with Crippen LogP contribution in [0, 0.1) is 5.92 Å². The summed E-state index contributed by atoms with van der Waals surface area (Å²) in [5, 5.41) is 37.6. The minimum Gasteiger partial charge on any atom is -0.508 e. The number of benzene rings is 2. The summed E-state index contributed by atoms with van der Waals surface area (Å²) in [7, 11) is 1.00. The second-order valence-electron chi connectivity index (χ2n) is 10.4. The molecule has 2 aromatic rings. The molecule has 1 saturated heterocycles. The van der Waals surface area contributed by atoms with Crippen LogP contribution in [0.2, 0.25) is 0 Å². The molecule has 0 aromatic heterocycles. The summed E-state index contributed by atoms with van der Waals surface area (Å²) in [6, 6.07) is 16.4. The molecule has 0 bridgehead atoms. The first-order chi connectivity index (χ1) is 18.1. The summed E-state index contributed by atoms with van der Waals surface area (Å²) in [4.78, 5) is 13.9. The Morgan fingerprint density at radius 3 is 2.29 bits per heavy atom. The number of aromatic hydroxyl groups is 1. The lowest BCUT2D eigenvalue weighted by Gasteiger charge is -2.35. The summed E-state index contributed by atoms with van der Waals surface area (Å²) in [5.74, 6) is -1.15. The fourth-order valence-electron chi connectivity index (χ4n) is 5.17. The second-order valence-corrected chi connectivity index (χ2v) is 10.4. The SMILES string of the molecule is CC(C)N(CCC(c1ccccc1)c1cc(COC2OC(C(=O)O)[C@@H](C)C[C@H]2O)ccc1O)C(C)C.CO. The standard InChI is InChI=1S/C29H41NO6.CH4O/c1-18(2)30(19(3)4)14-13-23(22-9-7-6-8-10-22)24-16-21(11-12-25(24)31)17-35-29-26(32)15-20(5)27(36-29)28(33)34;1-2/h6-12,16,18-20,23,26-27,29,31-32H,13-15,17H2,1-5H3,(H,33,34);2H,1H3/t20-,23?,26+,27?,29?;/m0./s1. The van der Waals surface area contributed by atoms with E-state index < -0.39 is 24.5 Å². The number of aliphatic carboxylic acids is 1. The van der Waals surface area contributed by atoms with Crippen molar-refractivity contribution in [3.05, 3.63) is 65.2 Å². The maximum atomic E-state index is 11.5. The fraction of sp³-hybridized carbons (Fsp3) is 0.567. The van der Waals surface area contributed by atoms with Crippen LogP contribution >= 0.6 is 0 Å². The van der Waals surface area contributed by atoms with Gasteiger partial charge in [0.15, 0.2) is 12.4 Å². The molecule has 8 heteroatoms. The largest absolute Gasteiger partial charge is 0.508 e. The van der Waals surface area contributed by atoms with Crippen LogP contribution in [0.4, 0.5) is 0 Å². The summed E-state index contributed by atoms with van der Waals surface area (Å²) >= 11 is 0. The third-order valence-corrected chi connectivity index (χ3v) is 7.05. The molecular formula is C30H45NO7. The van der Waals surface area contributed by atoms with Crippen LogP contribution in [-0.2, 0) is 20.9 Å². The number of aliphatic hydroxyl groups excluding tert-OH is 2. The van der Waals surface area contributed by atoms with E-state index >= 15 is 0 Å². The molecule has 5 atom stereocenters. The van der Waals surface area contributed by atoms with E-state index in [0.29, 0.717) is 18.5 Å². The van der Waals surface area contributed by atoms with Gasteiger partial charge in [0.1, 0.15) is 11.9 Å². The van der Waals surface area contributed by atoms with Crippen molar-refractivity contribution in [3.8, 4) is 5.75 Å². The summed E-state index contributed by atoms with van der Waals surface area (Å²) < 4.78 is 11.4. The molecule has 0 amide bonds. The topological polar surface area (TPSA) is 120 Å². The molecular weight excluding hydrogens is 486 g/mol. The minimum atomic E-state index is -1.06. The highest BCUT2D eigenvalue weighted by atomic mass is 16.7. The zero-order chi connectivity index (χ0) is 28.4. The molecule has 1 aliphatic heterocycles. The zero-order valence-electron chi connectivity index (χ0n) is 23.4. The van der Waals surface area contributed by atoms with Gasteiger partial charge in [-0.15, -0.1) is 0 Å². The molecule has 0 spiro atoms. The Morgan fingerprint density at radius 1 is 1.08 bits per heavy atom. The Balaban J connectivity index is 0.00000247. The number of phenolic OH excluding ortho intramolecular Hbond substituents is 1. The van der Waals surface area contributed by atoms with Gasteiger partial charge < -0.3 is 29.9 Å². The molecule has 38 heavy (non-hydrogen) atoms. The number of carbonyl (C=O) groups is 1. The number of hydrogen-bond donors (Lipinski definition) is 4. The molecule has 3 rings (SSSR count). The van der Waals surface area contributed by atoms with Crippen LogP contribution in [-0.4, -0.2) is 75.5 Å². The van der Waals surface area contributed by atoms with Crippen LogP contribution in [0.15, 0.2) is 48.5 Å². The van der Waals surface area contributed by atoms with Gasteiger partial charge in [0.05, 0.1) is 6.61 Å². The van der Waals surface area contributed by atoms with Crippen molar-refractivity contribution in [2.45, 2.75) is 90.6 Å². The minimum absolute atomic E-state index is 0.0140. The van der Waals surface area contributed by atoms with Gasteiger partial charge in [0.25, 0.3) is 0 Å². The highest BCUT2D eigenvalue weighted by Crippen LogP contribution is 2.35. The van der Waals surface area contributed by atoms with Crippen LogP contribution < -0.4 is 0 Å². The molecule has 0 radical (unpaired) electrons. The third-order valence-electron chi connectivity index (χ3n) is 7.05. The van der Waals surface area contributed by atoms with E-state index in [1.807, 2.05) is 24.3 Å². The maximum Gasteiger partial charge on any atom is 0.333 e. The number of rotatable bonds is 11. The van der Waals surface area contributed by atoms with E-state index in [0.717, 1.165) is 36.8 Å². The lowest BCUT2D eigenvalue weighted by atomic mass is 9.86. The van der Waals surface area contributed by atoms with Crippen molar-refractivity contribution < 1.29 is 34.7 Å². The highest BCUT2D eigenvalue weighted by Gasteiger charge is 2.39. The molecule has 212 valence electrons. The van der Waals surface area contributed by atoms with Gasteiger partial charge in [0, 0.05) is 30.7 Å². The van der Waals surface area contributed by atoms with Gasteiger partial charge in [-0.1, -0.05) is 43.3 Å². The van der Waals surface area contributed by atoms with Gasteiger partial charge in [-0.05, 0) is 76.3 Å². The molecule has 4 N–H and O–H groups in total. The van der Waals surface area contributed by atoms with Crippen molar-refractivity contribution in [3.63, 3.8) is 0 Å². The van der Waals surface area contributed by atoms with Crippen LogP contribution in [0.3, 0.4) is 0 Å². The van der Waals surface area contributed by atoms with Crippen LogP contribution in [0.25, 0.3) is 0 Å². The zero-order valence-corrected chi connectivity index (χ0v) is 23.4. The first-order valence-electron chi connectivity index (χ1n) is 13.3. The Bertz CT molecular complexity index is 974. The summed E-state index contributed by atoms with van der Waals surface area (Å²) in [6.45, 7) is 11.5. The van der Waals surface area contributed by atoms with Gasteiger partial charge in [-0.25, -0.2) is 4.79 Å². The molecule has 0 saturated carbocycles. The smallest absolute Gasteiger partial charge is 0.333 e. The Labute approximate surface area is 226 Å². The maximum absolute atomic E-state index is 11.5. The van der Waals surface area contributed by atoms with E-state index in [1.165, 1.54) is 0 Å². The number of carboxylic acids is 1. The lowest BCUT2D eigenvalue weighted by molar-refractivity contribution is -0.257. The van der Waals surface area contributed by atoms with E-state index in [-0.39, 0.29) is 24.2 Å². The Hall–Kier alpha value is -2.49. The second kappa shape index (κ2) is 15.2. The van der Waals surface area contributed by atoms with E-state index in [2.05, 4.69) is 44.7 Å².